The molecule has 0 saturated carbocycles. The number of fused-ring (bicyclic) bond motifs is 1. The van der Waals surface area contributed by atoms with Crippen molar-refractivity contribution in [2.75, 3.05) is 7.11 Å². The molecular formula is C10H8ClNO2. The van der Waals surface area contributed by atoms with E-state index in [0.29, 0.717) is 10.6 Å². The first-order chi connectivity index (χ1) is 6.76. The number of nitrogens with zero attached hydrogens (tertiary/aromatic N) is 1. The molecule has 0 atom stereocenters. The molecule has 0 fully saturated rings. The highest BCUT2D eigenvalue weighted by Gasteiger charge is 2.07. The number of carbonyl (C=O) groups is 1. The molecule has 0 unspecified atom stereocenters. The minimum absolute atomic E-state index is 0.596. The Kier molecular flexibility index (Phi) is 2.17. The molecule has 0 saturated heterocycles. The second-order valence-electron chi connectivity index (χ2n) is 2.87. The Bertz CT molecular complexity index is 490. The van der Waals surface area contributed by atoms with E-state index in [1.165, 1.54) is 11.8 Å². The molecule has 2 aromatic rings. The summed E-state index contributed by atoms with van der Waals surface area (Å²) < 4.78 is 1.52. The van der Waals surface area contributed by atoms with Crippen LogP contribution in [-0.2, 0) is 0 Å². The number of benzene rings is 1. The van der Waals surface area contributed by atoms with Gasteiger partial charge in [0.15, 0.2) is 6.29 Å². The lowest BCUT2D eigenvalue weighted by atomic mass is 10.2. The molecule has 72 valence electrons. The second kappa shape index (κ2) is 3.35. The van der Waals surface area contributed by atoms with E-state index in [0.717, 1.165) is 17.2 Å². The van der Waals surface area contributed by atoms with Crippen molar-refractivity contribution in [3.63, 3.8) is 0 Å². The van der Waals surface area contributed by atoms with Crippen molar-refractivity contribution >= 4 is 28.8 Å². The zero-order valence-corrected chi connectivity index (χ0v) is 8.28. The second-order valence-corrected chi connectivity index (χ2v) is 3.31. The van der Waals surface area contributed by atoms with E-state index in [-0.39, 0.29) is 0 Å². The van der Waals surface area contributed by atoms with Gasteiger partial charge in [-0.2, -0.15) is 4.73 Å². The molecule has 0 aliphatic heterocycles. The van der Waals surface area contributed by atoms with Gasteiger partial charge in [-0.05, 0) is 12.1 Å². The van der Waals surface area contributed by atoms with Crippen LogP contribution in [0.1, 0.15) is 10.4 Å². The minimum Gasteiger partial charge on any atom is -0.417 e. The third kappa shape index (κ3) is 1.26. The Morgan fingerprint density at radius 3 is 2.93 bits per heavy atom. The van der Waals surface area contributed by atoms with Crippen molar-refractivity contribution in [1.82, 2.24) is 4.73 Å². The summed E-state index contributed by atoms with van der Waals surface area (Å²) in [6.45, 7) is 0. The maximum atomic E-state index is 10.7. The summed E-state index contributed by atoms with van der Waals surface area (Å²) >= 11 is 5.84. The fourth-order valence-electron chi connectivity index (χ4n) is 1.44. The maximum Gasteiger partial charge on any atom is 0.152 e. The first kappa shape index (κ1) is 9.09. The summed E-state index contributed by atoms with van der Waals surface area (Å²) in [7, 11) is 1.54. The quantitative estimate of drug-likeness (QED) is 0.710. The van der Waals surface area contributed by atoms with Crippen LogP contribution in [0.15, 0.2) is 24.4 Å². The minimum atomic E-state index is 0.596. The van der Waals surface area contributed by atoms with Crippen LogP contribution in [0.4, 0.5) is 0 Å². The number of hydrogen-bond acceptors (Lipinski definition) is 2. The summed E-state index contributed by atoms with van der Waals surface area (Å²) in [4.78, 5) is 15.8. The molecule has 0 amide bonds. The van der Waals surface area contributed by atoms with Crippen LogP contribution in [0.5, 0.6) is 0 Å². The predicted molar refractivity (Wildman–Crippen MR) is 54.8 cm³/mol. The van der Waals surface area contributed by atoms with Gasteiger partial charge in [0.1, 0.15) is 7.11 Å². The largest absolute Gasteiger partial charge is 0.417 e. The normalized spacial score (nSPS) is 10.4. The molecule has 2 rings (SSSR count). The van der Waals surface area contributed by atoms with Crippen molar-refractivity contribution < 1.29 is 9.63 Å². The van der Waals surface area contributed by atoms with Gasteiger partial charge in [0.2, 0.25) is 0 Å². The van der Waals surface area contributed by atoms with Gasteiger partial charge in [-0.1, -0.05) is 17.7 Å². The van der Waals surface area contributed by atoms with Gasteiger partial charge < -0.3 is 4.84 Å². The summed E-state index contributed by atoms with van der Waals surface area (Å²) in [6.07, 6.45) is 2.43. The molecular weight excluding hydrogens is 202 g/mol. The molecule has 0 aliphatic rings. The molecule has 1 heterocycles. The molecule has 0 bridgehead atoms. The van der Waals surface area contributed by atoms with E-state index in [1.807, 2.05) is 0 Å². The Labute approximate surface area is 85.8 Å². The number of rotatable bonds is 2. The molecule has 14 heavy (non-hydrogen) atoms. The van der Waals surface area contributed by atoms with Crippen LogP contribution in [0.25, 0.3) is 10.9 Å². The van der Waals surface area contributed by atoms with Gasteiger partial charge in [0.05, 0.1) is 11.7 Å². The highest BCUT2D eigenvalue weighted by atomic mass is 35.5. The van der Waals surface area contributed by atoms with Gasteiger partial charge in [-0.3, -0.25) is 4.79 Å². The van der Waals surface area contributed by atoms with Gasteiger partial charge in [-0.15, -0.1) is 0 Å². The van der Waals surface area contributed by atoms with Crippen LogP contribution in [0, 0.1) is 0 Å². The average Bonchev–Trinajstić information content (AvgIpc) is 2.55. The predicted octanol–water partition coefficient (Wildman–Crippen LogP) is 2.17. The summed E-state index contributed by atoms with van der Waals surface area (Å²) in [5.41, 5.74) is 1.39. The van der Waals surface area contributed by atoms with Crippen molar-refractivity contribution in [2.45, 2.75) is 0 Å². The third-order valence-electron chi connectivity index (χ3n) is 2.09. The Balaban J connectivity index is 2.82. The molecule has 4 heteroatoms. The molecule has 0 radical (unpaired) electrons. The average molecular weight is 210 g/mol. The summed E-state index contributed by atoms with van der Waals surface area (Å²) in [5, 5.41) is 1.46. The molecule has 3 nitrogen and oxygen atoms in total. The van der Waals surface area contributed by atoms with E-state index in [1.54, 1.807) is 24.4 Å². The van der Waals surface area contributed by atoms with Crippen LogP contribution in [-0.4, -0.2) is 18.1 Å². The lowest BCUT2D eigenvalue weighted by Gasteiger charge is -2.01. The molecule has 0 N–H and O–H groups in total. The molecule has 0 aliphatic carbocycles. The summed E-state index contributed by atoms with van der Waals surface area (Å²) in [5.74, 6) is 0. The fourth-order valence-corrected chi connectivity index (χ4v) is 1.61. The molecule has 1 aromatic carbocycles. The van der Waals surface area contributed by atoms with Gasteiger partial charge >= 0.3 is 0 Å². The van der Waals surface area contributed by atoms with Crippen LogP contribution in [0.2, 0.25) is 5.02 Å². The monoisotopic (exact) mass is 209 g/mol. The van der Waals surface area contributed by atoms with E-state index >= 15 is 0 Å². The molecule has 1 aromatic heterocycles. The van der Waals surface area contributed by atoms with Crippen LogP contribution < -0.4 is 4.84 Å². The number of aldehydes is 1. The number of aromatic nitrogens is 1. The topological polar surface area (TPSA) is 31.2 Å². The Hall–Kier alpha value is -1.48. The van der Waals surface area contributed by atoms with Crippen molar-refractivity contribution in [1.29, 1.82) is 0 Å². The molecule has 0 spiro atoms. The van der Waals surface area contributed by atoms with E-state index in [9.17, 15) is 4.79 Å². The summed E-state index contributed by atoms with van der Waals surface area (Å²) in [6, 6.07) is 5.31. The zero-order valence-electron chi connectivity index (χ0n) is 7.53. The number of carbonyl (C=O) groups excluding carboxylic acids is 1. The maximum absolute atomic E-state index is 10.7. The smallest absolute Gasteiger partial charge is 0.152 e. The third-order valence-corrected chi connectivity index (χ3v) is 2.32. The van der Waals surface area contributed by atoms with Crippen molar-refractivity contribution in [2.24, 2.45) is 0 Å². The standard InChI is InChI=1S/C10H8ClNO2/c1-14-12-5-7(6-13)9-3-2-8(11)4-10(9)12/h2-6H,1H3. The van der Waals surface area contributed by atoms with E-state index in [4.69, 9.17) is 16.4 Å². The Morgan fingerprint density at radius 2 is 2.29 bits per heavy atom. The first-order valence-electron chi connectivity index (χ1n) is 4.06. The Morgan fingerprint density at radius 1 is 1.50 bits per heavy atom. The van der Waals surface area contributed by atoms with Gasteiger partial charge in [-0.25, -0.2) is 0 Å². The van der Waals surface area contributed by atoms with E-state index in [2.05, 4.69) is 0 Å². The fraction of sp³-hybridized carbons (Fsp3) is 0.100. The highest BCUT2D eigenvalue weighted by Crippen LogP contribution is 2.22. The number of hydrogen-bond donors (Lipinski definition) is 0. The van der Waals surface area contributed by atoms with Crippen molar-refractivity contribution in [3.8, 4) is 0 Å². The van der Waals surface area contributed by atoms with Gasteiger partial charge in [0.25, 0.3) is 0 Å². The highest BCUT2D eigenvalue weighted by molar-refractivity contribution is 6.31. The SMILES string of the molecule is COn1cc(C=O)c2ccc(Cl)cc21. The van der Waals surface area contributed by atoms with Crippen LogP contribution in [0.3, 0.4) is 0 Å². The van der Waals surface area contributed by atoms with Crippen molar-refractivity contribution in [3.05, 3.63) is 35.0 Å². The van der Waals surface area contributed by atoms with Gasteiger partial charge in [0, 0.05) is 16.0 Å². The first-order valence-corrected chi connectivity index (χ1v) is 4.44. The van der Waals surface area contributed by atoms with Crippen LogP contribution >= 0.6 is 11.6 Å². The zero-order chi connectivity index (χ0) is 10.1. The van der Waals surface area contributed by atoms with E-state index < -0.39 is 0 Å². The number of halogens is 1. The lowest BCUT2D eigenvalue weighted by molar-refractivity contribution is 0.112. The lowest BCUT2D eigenvalue weighted by Crippen LogP contribution is -2.02.